The topological polar surface area (TPSA) is 217 Å². The van der Waals surface area contributed by atoms with Crippen molar-refractivity contribution in [2.24, 2.45) is 0 Å². The standard InChI is InChI=1S/C43H47NO11/c1-3-5-6-9-24(21-39(51)55-42(43(53)54)32(23-44-4-2)26-16-17-34(46)35(47)19-26)31-22-37(49)36(48)18-25(31)14-15-27-20-38(50)41(52)30-12-7-10-28-29(40(27)30)11-8-13-33(28)45/h8,11,13-22,32,42,44-50,52H,3-7,9-10,12,23H2,1-2H3,(H,53,54)/t32-,42-/m1/s1. The highest BCUT2D eigenvalue weighted by molar-refractivity contribution is 5.96. The summed E-state index contributed by atoms with van der Waals surface area (Å²) >= 11 is 0. The van der Waals surface area contributed by atoms with Crippen LogP contribution in [0.5, 0.6) is 40.2 Å². The van der Waals surface area contributed by atoms with Crippen molar-refractivity contribution in [3.8, 4) is 51.4 Å². The fraction of sp³-hybridized carbons (Fsp3) is 0.302. The van der Waals surface area contributed by atoms with E-state index in [1.165, 1.54) is 42.5 Å². The average Bonchev–Trinajstić information content (AvgIpc) is 3.35. The van der Waals surface area contributed by atoms with E-state index in [0.29, 0.717) is 88.7 Å². The van der Waals surface area contributed by atoms with Crippen molar-refractivity contribution >= 4 is 29.7 Å². The Kier molecular flexibility index (Phi) is 13.0. The molecule has 0 fully saturated rings. The fourth-order valence-corrected chi connectivity index (χ4v) is 7.06. The summed E-state index contributed by atoms with van der Waals surface area (Å²) in [7, 11) is 0. The van der Waals surface area contributed by atoms with Gasteiger partial charge < -0.3 is 50.9 Å². The van der Waals surface area contributed by atoms with Crippen LogP contribution in [0.2, 0.25) is 0 Å². The number of hydrogen-bond acceptors (Lipinski definition) is 11. The van der Waals surface area contributed by atoms with Gasteiger partial charge >= 0.3 is 11.9 Å². The number of phenols is 7. The van der Waals surface area contributed by atoms with E-state index in [1.807, 2.05) is 19.9 Å². The second kappa shape index (κ2) is 17.8. The number of fused-ring (bicyclic) bond motifs is 3. The number of carboxylic acids is 1. The molecule has 0 heterocycles. The van der Waals surface area contributed by atoms with Crippen molar-refractivity contribution in [3.63, 3.8) is 0 Å². The highest BCUT2D eigenvalue weighted by Gasteiger charge is 2.33. The van der Waals surface area contributed by atoms with Gasteiger partial charge in [-0.2, -0.15) is 0 Å². The van der Waals surface area contributed by atoms with Crippen LogP contribution in [0.3, 0.4) is 0 Å². The minimum atomic E-state index is -1.70. The molecule has 0 radical (unpaired) electrons. The van der Waals surface area contributed by atoms with Gasteiger partial charge in [0.05, 0.1) is 0 Å². The van der Waals surface area contributed by atoms with Crippen LogP contribution in [0.25, 0.3) is 28.9 Å². The third-order valence-corrected chi connectivity index (χ3v) is 9.86. The van der Waals surface area contributed by atoms with Crippen LogP contribution in [0.4, 0.5) is 0 Å². The zero-order valence-electron chi connectivity index (χ0n) is 30.7. The van der Waals surface area contributed by atoms with Crippen LogP contribution < -0.4 is 5.32 Å². The van der Waals surface area contributed by atoms with Gasteiger partial charge in [-0.3, -0.25) is 0 Å². The molecule has 4 aromatic carbocycles. The van der Waals surface area contributed by atoms with Gasteiger partial charge in [-0.05, 0) is 114 Å². The van der Waals surface area contributed by atoms with Gasteiger partial charge in [0.2, 0.25) is 6.10 Å². The Morgan fingerprint density at radius 1 is 0.782 bits per heavy atom. The first-order chi connectivity index (χ1) is 26.3. The lowest BCUT2D eigenvalue weighted by atomic mass is 9.89. The molecule has 12 heteroatoms. The number of likely N-dealkylation sites (N-methyl/N-ethyl adjacent to an activating group) is 1. The molecule has 0 spiro atoms. The molecule has 290 valence electrons. The third kappa shape index (κ3) is 9.15. The molecule has 0 saturated carbocycles. The van der Waals surface area contributed by atoms with Crippen LogP contribution in [-0.2, 0) is 27.2 Å². The lowest BCUT2D eigenvalue weighted by Crippen LogP contribution is -2.38. The third-order valence-electron chi connectivity index (χ3n) is 9.86. The van der Waals surface area contributed by atoms with Crippen LogP contribution in [0.1, 0.15) is 85.3 Å². The summed E-state index contributed by atoms with van der Waals surface area (Å²) in [6, 6.07) is 13.1. The fourth-order valence-electron chi connectivity index (χ4n) is 7.06. The van der Waals surface area contributed by atoms with Crippen molar-refractivity contribution in [2.45, 2.75) is 70.8 Å². The second-order valence-electron chi connectivity index (χ2n) is 13.6. The normalized spacial score (nSPS) is 13.8. The van der Waals surface area contributed by atoms with Gasteiger partial charge in [0, 0.05) is 29.7 Å². The number of rotatable bonds is 15. The van der Waals surface area contributed by atoms with Gasteiger partial charge in [-0.1, -0.05) is 57.0 Å². The first-order valence-corrected chi connectivity index (χ1v) is 18.3. The molecule has 1 aliphatic rings. The number of hydrogen-bond donors (Lipinski definition) is 9. The van der Waals surface area contributed by atoms with Crippen molar-refractivity contribution in [1.82, 2.24) is 5.32 Å². The Bertz CT molecular complexity index is 2120. The zero-order valence-corrected chi connectivity index (χ0v) is 30.7. The first kappa shape index (κ1) is 40.1. The molecule has 12 nitrogen and oxygen atoms in total. The number of esters is 1. The predicted octanol–water partition coefficient (Wildman–Crippen LogP) is 7.31. The Balaban J connectivity index is 1.59. The average molecular weight is 754 g/mol. The Labute approximate surface area is 318 Å². The molecule has 0 aromatic heterocycles. The van der Waals surface area contributed by atoms with E-state index in [9.17, 15) is 50.4 Å². The largest absolute Gasteiger partial charge is 0.508 e. The van der Waals surface area contributed by atoms with Gasteiger partial charge in [0.25, 0.3) is 0 Å². The number of nitrogens with one attached hydrogen (secondary N) is 1. The molecule has 0 saturated heterocycles. The molecule has 55 heavy (non-hydrogen) atoms. The van der Waals surface area contributed by atoms with E-state index in [2.05, 4.69) is 5.32 Å². The zero-order chi connectivity index (χ0) is 39.8. The van der Waals surface area contributed by atoms with Crippen LogP contribution in [0, 0.1) is 0 Å². The summed E-state index contributed by atoms with van der Waals surface area (Å²) in [4.78, 5) is 26.3. The van der Waals surface area contributed by atoms with Gasteiger partial charge in [0.1, 0.15) is 5.75 Å². The maximum Gasteiger partial charge on any atom is 0.345 e. The van der Waals surface area contributed by atoms with E-state index < -0.39 is 47.0 Å². The number of phenolic OH excluding ortho intramolecular Hbond substituents is 7. The lowest BCUT2D eigenvalue weighted by Gasteiger charge is -2.25. The van der Waals surface area contributed by atoms with Crippen molar-refractivity contribution in [3.05, 3.63) is 94.1 Å². The van der Waals surface area contributed by atoms with E-state index in [1.54, 1.807) is 24.3 Å². The minimum absolute atomic E-state index is 0.0689. The molecule has 9 N–H and O–H groups in total. The maximum atomic E-state index is 13.7. The van der Waals surface area contributed by atoms with Crippen molar-refractivity contribution in [1.29, 1.82) is 0 Å². The molecule has 0 bridgehead atoms. The molecule has 2 atom stereocenters. The number of carbonyl (C=O) groups is 2. The number of ether oxygens (including phenoxy) is 1. The van der Waals surface area contributed by atoms with Gasteiger partial charge in [0.15, 0.2) is 34.5 Å². The van der Waals surface area contributed by atoms with Gasteiger partial charge in [-0.25, -0.2) is 9.59 Å². The van der Waals surface area contributed by atoms with E-state index >= 15 is 0 Å². The predicted molar refractivity (Wildman–Crippen MR) is 208 cm³/mol. The van der Waals surface area contributed by atoms with Crippen LogP contribution in [0.15, 0.2) is 60.7 Å². The molecule has 0 unspecified atom stereocenters. The monoisotopic (exact) mass is 753 g/mol. The molecule has 4 aromatic rings. The molecule has 1 aliphatic carbocycles. The van der Waals surface area contributed by atoms with Crippen LogP contribution in [-0.4, -0.2) is 72.0 Å². The molecule has 0 amide bonds. The number of carboxylic acid groups (broad SMARTS) is 1. The molecular formula is C43H47NO11. The quantitative estimate of drug-likeness (QED) is 0.0192. The highest BCUT2D eigenvalue weighted by Crippen LogP contribution is 2.46. The summed E-state index contributed by atoms with van der Waals surface area (Å²) in [5.74, 6) is -5.56. The number of aromatic hydroxyl groups is 7. The smallest absolute Gasteiger partial charge is 0.345 e. The Morgan fingerprint density at radius 3 is 2.18 bits per heavy atom. The SMILES string of the molecule is CCCCCC(=CC(=O)O[C@@H](C(=O)O)[C@H](CNCC)c1ccc(O)c(O)c1)c1cc(O)c(O)cc1C=Cc1cc(O)c(O)c2c1-c1cccc(O)c1CCC2. The maximum absolute atomic E-state index is 13.7. The van der Waals surface area contributed by atoms with Crippen LogP contribution >= 0.6 is 0 Å². The summed E-state index contributed by atoms with van der Waals surface area (Å²) < 4.78 is 5.62. The molecule has 0 aliphatic heterocycles. The minimum Gasteiger partial charge on any atom is -0.508 e. The number of aliphatic carboxylic acids is 1. The first-order valence-electron chi connectivity index (χ1n) is 18.3. The van der Waals surface area contributed by atoms with Crippen molar-refractivity contribution < 1.29 is 55.2 Å². The summed E-state index contributed by atoms with van der Waals surface area (Å²) in [6.07, 6.45) is 6.97. The lowest BCUT2D eigenvalue weighted by molar-refractivity contribution is -0.162. The van der Waals surface area contributed by atoms with E-state index in [4.69, 9.17) is 4.74 Å². The number of carbonyl (C=O) groups excluding carboxylic acids is 1. The van der Waals surface area contributed by atoms with Crippen molar-refractivity contribution in [2.75, 3.05) is 13.1 Å². The van der Waals surface area contributed by atoms with E-state index in [0.717, 1.165) is 12.8 Å². The molecule has 5 rings (SSSR count). The Hall–Kier alpha value is -6.14. The Morgan fingerprint density at radius 2 is 1.47 bits per heavy atom. The highest BCUT2D eigenvalue weighted by atomic mass is 16.6. The number of benzene rings is 4. The summed E-state index contributed by atoms with van der Waals surface area (Å²) in [5, 5.41) is 86.9. The summed E-state index contributed by atoms with van der Waals surface area (Å²) in [6.45, 7) is 4.38. The van der Waals surface area contributed by atoms with Gasteiger partial charge in [-0.15, -0.1) is 0 Å². The molecular weight excluding hydrogens is 706 g/mol. The number of unbranched alkanes of at least 4 members (excludes halogenated alkanes) is 2. The second-order valence-corrected chi connectivity index (χ2v) is 13.6. The summed E-state index contributed by atoms with van der Waals surface area (Å²) in [5.41, 5.74) is 4.48. The number of allylic oxidation sites excluding steroid dienone is 1. The van der Waals surface area contributed by atoms with E-state index in [-0.39, 0.29) is 23.8 Å².